The fourth-order valence-electron chi connectivity index (χ4n) is 0. The first-order valence-electron chi connectivity index (χ1n) is 0.816. The van der Waals surface area contributed by atoms with Crippen molar-refractivity contribution in [3.05, 3.63) is 0 Å². The third kappa shape index (κ3) is 8.98. The smallest absolute Gasteiger partial charge is 1.00 e. The molecule has 3 heteroatoms. The van der Waals surface area contributed by atoms with Gasteiger partial charge in [-0.05, 0) is 0 Å². The zero-order valence-electron chi connectivity index (χ0n) is 3.86. The first kappa shape index (κ1) is 9.39. The van der Waals surface area contributed by atoms with Crippen molar-refractivity contribution in [3.63, 3.8) is 0 Å². The molecular weight excluding hydrogens is 96.1 g/mol. The van der Waals surface area contributed by atoms with Gasteiger partial charge in [-0.25, -0.2) is 0 Å². The molecule has 2 N–H and O–H groups in total. The SMILES string of the molecule is NCP.[H-].[K+]. The zero-order chi connectivity index (χ0) is 2.71. The maximum Gasteiger partial charge on any atom is 1.00 e. The fourth-order valence-corrected chi connectivity index (χ4v) is 0. The standard InChI is InChI=1S/CH6NP.K.H/c2-1-3;;/h1-3H2;;/q;+1;-1. The Morgan fingerprint density at radius 1 is 2.00 bits per heavy atom. The second kappa shape index (κ2) is 8.90. The molecule has 22 valence electrons. The van der Waals surface area contributed by atoms with E-state index in [1.165, 1.54) is 0 Å². The Balaban J connectivity index is -0.0000000200. The molecule has 0 aliphatic carbocycles. The van der Waals surface area contributed by atoms with Crippen LogP contribution in [0.5, 0.6) is 0 Å². The van der Waals surface area contributed by atoms with Gasteiger partial charge < -0.3 is 7.16 Å². The summed E-state index contributed by atoms with van der Waals surface area (Å²) >= 11 is 0. The van der Waals surface area contributed by atoms with E-state index in [0.717, 1.165) is 0 Å². The Morgan fingerprint density at radius 2 is 2.00 bits per heavy atom. The van der Waals surface area contributed by atoms with Gasteiger partial charge in [-0.15, -0.1) is 9.24 Å². The van der Waals surface area contributed by atoms with Gasteiger partial charge in [-0.1, -0.05) is 0 Å². The average Bonchev–Trinajstić information content (AvgIpc) is 0.918. The molecule has 1 nitrogen and oxygen atoms in total. The van der Waals surface area contributed by atoms with Crippen molar-refractivity contribution in [2.45, 2.75) is 0 Å². The van der Waals surface area contributed by atoms with E-state index in [2.05, 4.69) is 9.24 Å². The molecule has 0 aliphatic rings. The van der Waals surface area contributed by atoms with Crippen molar-refractivity contribution in [3.8, 4) is 0 Å². The minimum Gasteiger partial charge on any atom is -1.00 e. The van der Waals surface area contributed by atoms with Crippen molar-refractivity contribution < 1.29 is 52.8 Å². The van der Waals surface area contributed by atoms with Crippen LogP contribution in [-0.2, 0) is 0 Å². The molecule has 0 saturated carbocycles. The van der Waals surface area contributed by atoms with Crippen molar-refractivity contribution in [1.82, 2.24) is 0 Å². The molecule has 1 atom stereocenters. The monoisotopic (exact) mass is 103 g/mol. The molecule has 0 fully saturated rings. The molecule has 1 unspecified atom stereocenters. The average molecular weight is 103 g/mol. The molecule has 0 amide bonds. The molecular formula is CH7KNP. The van der Waals surface area contributed by atoms with Crippen LogP contribution in [0.2, 0.25) is 0 Å². The molecule has 0 rings (SSSR count). The van der Waals surface area contributed by atoms with E-state index in [-0.39, 0.29) is 52.8 Å². The summed E-state index contributed by atoms with van der Waals surface area (Å²) in [5, 5.41) is 0. The van der Waals surface area contributed by atoms with E-state index in [0.29, 0.717) is 6.29 Å². The summed E-state index contributed by atoms with van der Waals surface area (Å²) in [5.41, 5.74) is 4.81. The van der Waals surface area contributed by atoms with Gasteiger partial charge in [-0.2, -0.15) is 0 Å². The summed E-state index contributed by atoms with van der Waals surface area (Å²) in [6.45, 7) is 0. The zero-order valence-corrected chi connectivity index (χ0v) is 7.14. The van der Waals surface area contributed by atoms with Crippen LogP contribution in [-0.4, -0.2) is 6.29 Å². The van der Waals surface area contributed by atoms with Crippen LogP contribution in [0.3, 0.4) is 0 Å². The number of hydrogen-bond acceptors (Lipinski definition) is 1. The Morgan fingerprint density at radius 3 is 2.00 bits per heavy atom. The van der Waals surface area contributed by atoms with Gasteiger partial charge in [0.05, 0.1) is 0 Å². The fraction of sp³-hybridized carbons (Fsp3) is 1.00. The van der Waals surface area contributed by atoms with Gasteiger partial charge in [-0.3, -0.25) is 0 Å². The molecule has 4 heavy (non-hydrogen) atoms. The van der Waals surface area contributed by atoms with Gasteiger partial charge in [0.2, 0.25) is 0 Å². The summed E-state index contributed by atoms with van der Waals surface area (Å²) in [6, 6.07) is 0. The van der Waals surface area contributed by atoms with Crippen LogP contribution in [0.15, 0.2) is 0 Å². The molecule has 0 aliphatic heterocycles. The van der Waals surface area contributed by atoms with Gasteiger partial charge in [0.25, 0.3) is 0 Å². The van der Waals surface area contributed by atoms with Crippen LogP contribution in [0.1, 0.15) is 1.43 Å². The van der Waals surface area contributed by atoms with Crippen molar-refractivity contribution in [1.29, 1.82) is 0 Å². The molecule has 0 saturated heterocycles. The van der Waals surface area contributed by atoms with E-state index in [9.17, 15) is 0 Å². The summed E-state index contributed by atoms with van der Waals surface area (Å²) in [6.07, 6.45) is 0.667. The van der Waals surface area contributed by atoms with E-state index < -0.39 is 0 Å². The van der Waals surface area contributed by atoms with Crippen molar-refractivity contribution in [2.24, 2.45) is 5.73 Å². The van der Waals surface area contributed by atoms with Crippen molar-refractivity contribution >= 4 is 9.24 Å². The summed E-state index contributed by atoms with van der Waals surface area (Å²) < 4.78 is 0. The molecule has 0 aromatic carbocycles. The minimum atomic E-state index is 0. The number of hydrogen-bond donors (Lipinski definition) is 1. The van der Waals surface area contributed by atoms with Crippen LogP contribution in [0.25, 0.3) is 0 Å². The van der Waals surface area contributed by atoms with E-state index in [4.69, 9.17) is 5.73 Å². The maximum atomic E-state index is 4.81. The van der Waals surface area contributed by atoms with Crippen LogP contribution in [0.4, 0.5) is 0 Å². The number of rotatable bonds is 0. The normalized spacial score (nSPS) is 4.50. The Kier molecular flexibility index (Phi) is 20.9. The molecule has 0 aromatic rings. The Labute approximate surface area is 72.8 Å². The van der Waals surface area contributed by atoms with Crippen LogP contribution >= 0.6 is 9.24 Å². The number of nitrogens with two attached hydrogens (primary N) is 1. The van der Waals surface area contributed by atoms with E-state index >= 15 is 0 Å². The van der Waals surface area contributed by atoms with E-state index in [1.54, 1.807) is 0 Å². The first-order valence-corrected chi connectivity index (χ1v) is 1.63. The molecule has 0 heterocycles. The van der Waals surface area contributed by atoms with Gasteiger partial charge in [0.15, 0.2) is 0 Å². The summed E-state index contributed by atoms with van der Waals surface area (Å²) in [7, 11) is 2.36. The molecule has 0 aromatic heterocycles. The molecule has 0 radical (unpaired) electrons. The van der Waals surface area contributed by atoms with Gasteiger partial charge in [0.1, 0.15) is 0 Å². The first-order chi connectivity index (χ1) is 1.41. The third-order valence-corrected chi connectivity index (χ3v) is 0. The molecule has 0 spiro atoms. The summed E-state index contributed by atoms with van der Waals surface area (Å²) in [4.78, 5) is 0. The quantitative estimate of drug-likeness (QED) is 0.255. The van der Waals surface area contributed by atoms with Crippen LogP contribution in [0, 0.1) is 0 Å². The minimum absolute atomic E-state index is 0. The topological polar surface area (TPSA) is 26.0 Å². The van der Waals surface area contributed by atoms with Gasteiger partial charge in [0, 0.05) is 6.29 Å². The maximum absolute atomic E-state index is 4.81. The Hall–Kier alpha value is 2.03. The molecule has 0 bridgehead atoms. The van der Waals surface area contributed by atoms with Gasteiger partial charge >= 0.3 is 51.4 Å². The van der Waals surface area contributed by atoms with Crippen molar-refractivity contribution in [2.75, 3.05) is 6.29 Å². The predicted molar refractivity (Wildman–Crippen MR) is 19.9 cm³/mol. The Bertz CT molecular complexity index is 11.6. The third-order valence-electron chi connectivity index (χ3n) is 0. The summed E-state index contributed by atoms with van der Waals surface area (Å²) in [5.74, 6) is 0. The second-order valence-corrected chi connectivity index (χ2v) is 0.707. The van der Waals surface area contributed by atoms with Crippen LogP contribution < -0.4 is 57.1 Å². The predicted octanol–water partition coefficient (Wildman–Crippen LogP) is -3.11. The second-order valence-electron chi connectivity index (χ2n) is 0.236. The largest absolute Gasteiger partial charge is 1.00 e. The van der Waals surface area contributed by atoms with E-state index in [1.807, 2.05) is 0 Å².